The van der Waals surface area contributed by atoms with E-state index in [2.05, 4.69) is 93.0 Å². The number of rotatable bonds is 35. The standard InChI is InChI=1S/C55H86N2.Ni/c1-4-7-10-12-14-16-18-20-22-24-26-28-30-32-34-37-43-51-45-39-41-48-54(51)56-50-53(47-36-9-6-3)57-55-49-42-40-46-52(55)44-38-35-33-31-29-27-25-23-21-19-17-15-13-11-8-5-2;/h39-42,45-46,48-50H,4-31,36-38,43-44,47H2,1-3H3;/b56-50-,57-53+;. The van der Waals surface area contributed by atoms with Gasteiger partial charge in [-0.25, -0.2) is 0 Å². The van der Waals surface area contributed by atoms with Gasteiger partial charge in [-0.05, 0) is 61.8 Å². The van der Waals surface area contributed by atoms with Gasteiger partial charge in [0.25, 0.3) is 0 Å². The molecule has 0 spiro atoms. The van der Waals surface area contributed by atoms with Gasteiger partial charge in [-0.15, -0.1) is 23.7 Å². The molecule has 58 heavy (non-hydrogen) atoms. The van der Waals surface area contributed by atoms with Crippen LogP contribution in [0.25, 0.3) is 0 Å². The molecule has 0 heterocycles. The zero-order valence-electron chi connectivity index (χ0n) is 37.9. The van der Waals surface area contributed by atoms with E-state index in [0.29, 0.717) is 0 Å². The van der Waals surface area contributed by atoms with E-state index in [-0.39, 0.29) is 16.5 Å². The summed E-state index contributed by atoms with van der Waals surface area (Å²) in [4.78, 5) is 10.2. The van der Waals surface area contributed by atoms with E-state index in [4.69, 9.17) is 9.98 Å². The van der Waals surface area contributed by atoms with Gasteiger partial charge in [-0.1, -0.05) is 211 Å². The predicted octanol–water partition coefficient (Wildman–Crippen LogP) is 17.8. The monoisotopic (exact) mass is 833 g/mol. The molecule has 0 saturated heterocycles. The van der Waals surface area contributed by atoms with Crippen molar-refractivity contribution in [3.8, 4) is 23.7 Å². The van der Waals surface area contributed by atoms with Crippen LogP contribution in [0, 0.1) is 23.7 Å². The van der Waals surface area contributed by atoms with Crippen molar-refractivity contribution in [2.75, 3.05) is 0 Å². The Labute approximate surface area is 370 Å². The molecular weight excluding hydrogens is 747 g/mol. The molecule has 0 bridgehead atoms. The minimum Gasteiger partial charge on any atom is -0.255 e. The van der Waals surface area contributed by atoms with Crippen molar-refractivity contribution in [1.82, 2.24) is 0 Å². The van der Waals surface area contributed by atoms with E-state index in [1.165, 1.54) is 178 Å². The first-order valence-electron chi connectivity index (χ1n) is 24.5. The van der Waals surface area contributed by atoms with Crippen LogP contribution in [0.15, 0.2) is 58.5 Å². The Balaban J connectivity index is 0.0000168. The summed E-state index contributed by atoms with van der Waals surface area (Å²) in [5.74, 6) is 13.8. The number of aryl methyl sites for hydroxylation is 2. The fourth-order valence-electron chi connectivity index (χ4n) is 7.54. The van der Waals surface area contributed by atoms with E-state index in [1.54, 1.807) is 0 Å². The predicted molar refractivity (Wildman–Crippen MR) is 256 cm³/mol. The molecule has 0 fully saturated rings. The number of unbranched alkanes of at least 4 members (excludes halogenated alkanes) is 26. The van der Waals surface area contributed by atoms with Crippen molar-refractivity contribution in [2.24, 2.45) is 9.98 Å². The maximum absolute atomic E-state index is 5.21. The van der Waals surface area contributed by atoms with Crippen molar-refractivity contribution in [3.05, 3.63) is 59.7 Å². The number of nitrogens with zero attached hydrogens (tertiary/aromatic N) is 2. The second-order valence-corrected chi connectivity index (χ2v) is 16.6. The number of para-hydroxylation sites is 2. The molecule has 0 atom stereocenters. The van der Waals surface area contributed by atoms with E-state index in [1.807, 2.05) is 6.21 Å². The summed E-state index contributed by atoms with van der Waals surface area (Å²) < 4.78 is 0. The average Bonchev–Trinajstić information content (AvgIpc) is 3.23. The average molecular weight is 834 g/mol. The Morgan fingerprint density at radius 2 is 0.759 bits per heavy atom. The third-order valence-corrected chi connectivity index (χ3v) is 11.2. The van der Waals surface area contributed by atoms with Crippen LogP contribution in [0.4, 0.5) is 11.4 Å². The molecule has 0 aliphatic carbocycles. The SMILES string of the molecule is CCCCCCCCCCCCCCC#CCCc1ccccc1/N=C\C(CCCCC)=N\c1ccccc1CCC#CCCCCCCCCCCCCCC.[Ni]. The summed E-state index contributed by atoms with van der Waals surface area (Å²) in [7, 11) is 0. The second kappa shape index (κ2) is 41.1. The summed E-state index contributed by atoms with van der Waals surface area (Å²) in [6.07, 6.45) is 45.5. The van der Waals surface area contributed by atoms with Crippen LogP contribution in [0.5, 0.6) is 0 Å². The van der Waals surface area contributed by atoms with Gasteiger partial charge in [-0.3, -0.25) is 9.98 Å². The first-order chi connectivity index (χ1) is 28.3. The van der Waals surface area contributed by atoms with Gasteiger partial charge in [0.1, 0.15) is 0 Å². The summed E-state index contributed by atoms with van der Waals surface area (Å²) in [5, 5.41) is 0. The van der Waals surface area contributed by atoms with Crippen LogP contribution in [-0.4, -0.2) is 11.9 Å². The summed E-state index contributed by atoms with van der Waals surface area (Å²) in [6, 6.07) is 17.2. The molecule has 0 aliphatic heterocycles. The molecule has 0 N–H and O–H groups in total. The van der Waals surface area contributed by atoms with Crippen molar-refractivity contribution >= 4 is 23.3 Å². The summed E-state index contributed by atoms with van der Waals surface area (Å²) in [6.45, 7) is 6.85. The molecule has 326 valence electrons. The number of benzene rings is 2. The van der Waals surface area contributed by atoms with Crippen molar-refractivity contribution in [2.45, 2.75) is 239 Å². The molecule has 0 aromatic heterocycles. The molecule has 2 aromatic carbocycles. The van der Waals surface area contributed by atoms with Crippen LogP contribution in [-0.2, 0) is 29.3 Å². The van der Waals surface area contributed by atoms with E-state index < -0.39 is 0 Å². The van der Waals surface area contributed by atoms with Gasteiger partial charge >= 0.3 is 0 Å². The van der Waals surface area contributed by atoms with Crippen LogP contribution in [0.3, 0.4) is 0 Å². The zero-order valence-corrected chi connectivity index (χ0v) is 38.9. The van der Waals surface area contributed by atoms with E-state index >= 15 is 0 Å². The Hall–Kier alpha value is -2.61. The fourth-order valence-corrected chi connectivity index (χ4v) is 7.54. The molecule has 0 aliphatic rings. The molecule has 0 unspecified atom stereocenters. The van der Waals surface area contributed by atoms with Gasteiger partial charge in [0, 0.05) is 48.4 Å². The normalized spacial score (nSPS) is 11.3. The smallest absolute Gasteiger partial charge is 0.0665 e. The van der Waals surface area contributed by atoms with Crippen LogP contribution < -0.4 is 0 Å². The zero-order chi connectivity index (χ0) is 40.5. The molecule has 0 saturated carbocycles. The number of hydrogen-bond acceptors (Lipinski definition) is 2. The second-order valence-electron chi connectivity index (χ2n) is 16.6. The van der Waals surface area contributed by atoms with E-state index in [9.17, 15) is 0 Å². The van der Waals surface area contributed by atoms with Gasteiger partial charge in [0.05, 0.1) is 17.1 Å². The number of hydrogen-bond donors (Lipinski definition) is 0. The van der Waals surface area contributed by atoms with Crippen molar-refractivity contribution in [3.63, 3.8) is 0 Å². The number of aliphatic imine (C=N–C) groups is 2. The van der Waals surface area contributed by atoms with Crippen LogP contribution in [0.1, 0.15) is 237 Å². The molecule has 2 rings (SSSR count). The van der Waals surface area contributed by atoms with Gasteiger partial charge < -0.3 is 0 Å². The molecule has 2 aromatic rings. The Kier molecular flexibility index (Phi) is 37.9. The molecular formula is C55H86N2Ni. The Morgan fingerprint density at radius 3 is 1.21 bits per heavy atom. The fraction of sp³-hybridized carbons (Fsp3) is 0.673. The molecule has 3 heteroatoms. The first kappa shape index (κ1) is 53.4. The maximum Gasteiger partial charge on any atom is 0.0665 e. The van der Waals surface area contributed by atoms with Crippen molar-refractivity contribution < 1.29 is 16.5 Å². The molecule has 2 nitrogen and oxygen atoms in total. The van der Waals surface area contributed by atoms with Gasteiger partial charge in [-0.2, -0.15) is 0 Å². The first-order valence-corrected chi connectivity index (χ1v) is 24.5. The quantitative estimate of drug-likeness (QED) is 0.0286. The summed E-state index contributed by atoms with van der Waals surface area (Å²) in [5.41, 5.74) is 5.71. The van der Waals surface area contributed by atoms with Crippen LogP contribution >= 0.6 is 0 Å². The largest absolute Gasteiger partial charge is 0.255 e. The van der Waals surface area contributed by atoms with Gasteiger partial charge in [0.2, 0.25) is 0 Å². The summed E-state index contributed by atoms with van der Waals surface area (Å²) >= 11 is 0. The topological polar surface area (TPSA) is 24.7 Å². The third kappa shape index (κ3) is 30.4. The minimum absolute atomic E-state index is 0. The Morgan fingerprint density at radius 1 is 0.414 bits per heavy atom. The van der Waals surface area contributed by atoms with Gasteiger partial charge in [0.15, 0.2) is 0 Å². The van der Waals surface area contributed by atoms with Crippen LogP contribution in [0.2, 0.25) is 0 Å². The molecule has 0 amide bonds. The minimum atomic E-state index is 0. The Bertz CT molecular complexity index is 1420. The third-order valence-electron chi connectivity index (χ3n) is 11.2. The van der Waals surface area contributed by atoms with E-state index in [0.717, 1.165) is 68.5 Å². The molecule has 0 radical (unpaired) electrons. The van der Waals surface area contributed by atoms with Crippen molar-refractivity contribution in [1.29, 1.82) is 0 Å². The maximum atomic E-state index is 5.21.